The van der Waals surface area contributed by atoms with Crippen LogP contribution in [0.2, 0.25) is 0 Å². The van der Waals surface area contributed by atoms with E-state index < -0.39 is 5.97 Å². The van der Waals surface area contributed by atoms with E-state index in [1.54, 1.807) is 48.2 Å². The van der Waals surface area contributed by atoms with Gasteiger partial charge in [0.05, 0.1) is 12.2 Å². The van der Waals surface area contributed by atoms with Crippen LogP contribution in [0.25, 0.3) is 0 Å². The molecule has 26 heavy (non-hydrogen) atoms. The quantitative estimate of drug-likeness (QED) is 0.554. The maximum atomic E-state index is 12.1. The van der Waals surface area contributed by atoms with Gasteiger partial charge >= 0.3 is 5.97 Å². The van der Waals surface area contributed by atoms with Crippen molar-refractivity contribution in [3.05, 3.63) is 54.1 Å². The van der Waals surface area contributed by atoms with Crippen molar-refractivity contribution < 1.29 is 19.1 Å². The number of ether oxygens (including phenoxy) is 2. The van der Waals surface area contributed by atoms with Crippen molar-refractivity contribution in [2.75, 3.05) is 24.8 Å². The number of carbonyl (C=O) groups is 2. The molecule has 1 N–H and O–H groups in total. The average Bonchev–Trinajstić information content (AvgIpc) is 2.65. The first-order chi connectivity index (χ1) is 12.5. The van der Waals surface area contributed by atoms with Gasteiger partial charge in [-0.25, -0.2) is 4.79 Å². The molecule has 0 aliphatic rings. The molecule has 2 aromatic carbocycles. The van der Waals surface area contributed by atoms with E-state index in [-0.39, 0.29) is 12.5 Å². The number of rotatable bonds is 8. The predicted molar refractivity (Wildman–Crippen MR) is 104 cm³/mol. The molecule has 0 saturated heterocycles. The highest BCUT2D eigenvalue weighted by molar-refractivity contribution is 7.98. The van der Waals surface area contributed by atoms with Gasteiger partial charge < -0.3 is 14.8 Å². The summed E-state index contributed by atoms with van der Waals surface area (Å²) >= 11 is 1.62. The lowest BCUT2D eigenvalue weighted by Gasteiger charge is -2.10. The minimum Gasteiger partial charge on any atom is -0.493 e. The fraction of sp³-hybridized carbons (Fsp3) is 0.300. The molecule has 0 aliphatic heterocycles. The fourth-order valence-corrected chi connectivity index (χ4v) is 2.47. The summed E-state index contributed by atoms with van der Waals surface area (Å²) in [6.07, 6.45) is 1.98. The predicted octanol–water partition coefficient (Wildman–Crippen LogP) is 4.24. The number of amides is 1. The smallest absolute Gasteiger partial charge is 0.338 e. The molecule has 0 bridgehead atoms. The third-order valence-electron chi connectivity index (χ3n) is 3.36. The molecular formula is C20H23NO4S. The zero-order valence-electron chi connectivity index (χ0n) is 15.2. The summed E-state index contributed by atoms with van der Waals surface area (Å²) < 4.78 is 10.7. The van der Waals surface area contributed by atoms with Crippen molar-refractivity contribution in [3.8, 4) is 5.75 Å². The summed E-state index contributed by atoms with van der Waals surface area (Å²) in [7, 11) is 0. The molecule has 1 amide bonds. The minimum absolute atomic E-state index is 0.347. The van der Waals surface area contributed by atoms with E-state index in [1.807, 2.05) is 32.2 Å². The van der Waals surface area contributed by atoms with Crippen LogP contribution in [-0.4, -0.2) is 31.3 Å². The number of anilines is 1. The highest BCUT2D eigenvalue weighted by atomic mass is 32.2. The summed E-state index contributed by atoms with van der Waals surface area (Å²) in [4.78, 5) is 25.1. The molecule has 2 rings (SSSR count). The Balaban J connectivity index is 1.85. The zero-order valence-corrected chi connectivity index (χ0v) is 16.0. The number of hydrogen-bond donors (Lipinski definition) is 1. The Morgan fingerprint density at radius 3 is 2.50 bits per heavy atom. The van der Waals surface area contributed by atoms with Crippen LogP contribution in [0.1, 0.15) is 24.2 Å². The number of carbonyl (C=O) groups excluding carboxylic acids is 2. The van der Waals surface area contributed by atoms with Gasteiger partial charge in [0.25, 0.3) is 5.91 Å². The van der Waals surface area contributed by atoms with Gasteiger partial charge in [-0.1, -0.05) is 19.9 Å². The summed E-state index contributed by atoms with van der Waals surface area (Å²) in [5.74, 6) is 0.0427. The molecular weight excluding hydrogens is 350 g/mol. The third kappa shape index (κ3) is 6.44. The highest BCUT2D eigenvalue weighted by Gasteiger charge is 2.11. The summed E-state index contributed by atoms with van der Waals surface area (Å²) in [5.41, 5.74) is 1.01. The maximum absolute atomic E-state index is 12.1. The van der Waals surface area contributed by atoms with Crippen molar-refractivity contribution in [2.24, 2.45) is 5.92 Å². The Bertz CT molecular complexity index is 744. The molecule has 0 fully saturated rings. The lowest BCUT2D eigenvalue weighted by molar-refractivity contribution is -0.119. The number of esters is 1. The second-order valence-corrected chi connectivity index (χ2v) is 6.97. The van der Waals surface area contributed by atoms with E-state index >= 15 is 0 Å². The number of hydrogen-bond acceptors (Lipinski definition) is 5. The van der Waals surface area contributed by atoms with Gasteiger partial charge in [0.2, 0.25) is 0 Å². The minimum atomic E-state index is -0.562. The van der Waals surface area contributed by atoms with Crippen LogP contribution in [0, 0.1) is 5.92 Å². The van der Waals surface area contributed by atoms with Crippen molar-refractivity contribution in [1.29, 1.82) is 0 Å². The van der Waals surface area contributed by atoms with Crippen LogP contribution in [0.3, 0.4) is 0 Å². The molecule has 0 spiro atoms. The van der Waals surface area contributed by atoms with E-state index in [0.717, 1.165) is 4.90 Å². The van der Waals surface area contributed by atoms with E-state index in [2.05, 4.69) is 5.32 Å². The second kappa shape index (κ2) is 9.87. The molecule has 0 aromatic heterocycles. The third-order valence-corrected chi connectivity index (χ3v) is 4.10. The Morgan fingerprint density at radius 2 is 1.85 bits per heavy atom. The van der Waals surface area contributed by atoms with Gasteiger partial charge in [-0.05, 0) is 54.6 Å². The molecule has 0 heterocycles. The first-order valence-corrected chi connectivity index (χ1v) is 9.54. The van der Waals surface area contributed by atoms with Crippen molar-refractivity contribution in [3.63, 3.8) is 0 Å². The largest absolute Gasteiger partial charge is 0.493 e. The van der Waals surface area contributed by atoms with Crippen LogP contribution < -0.4 is 10.1 Å². The molecule has 0 atom stereocenters. The van der Waals surface area contributed by atoms with Crippen molar-refractivity contribution >= 4 is 29.3 Å². The van der Waals surface area contributed by atoms with Crippen LogP contribution in [0.4, 0.5) is 5.69 Å². The normalized spacial score (nSPS) is 10.5. The van der Waals surface area contributed by atoms with Gasteiger partial charge in [-0.3, -0.25) is 4.79 Å². The molecule has 0 radical (unpaired) electrons. The molecule has 138 valence electrons. The Labute approximate surface area is 158 Å². The lowest BCUT2D eigenvalue weighted by atomic mass is 10.2. The Hall–Kier alpha value is -2.47. The molecule has 6 heteroatoms. The van der Waals surface area contributed by atoms with Gasteiger partial charge in [0, 0.05) is 10.6 Å². The standard InChI is InChI=1S/C20H23NO4S/c1-14(2)12-24-17-6-4-5-15(11-17)20(23)25-13-19(22)21-16-7-9-18(26-3)10-8-16/h4-11,14H,12-13H2,1-3H3,(H,21,22). The van der Waals surface area contributed by atoms with Gasteiger partial charge in [-0.15, -0.1) is 11.8 Å². The average molecular weight is 373 g/mol. The van der Waals surface area contributed by atoms with Crippen LogP contribution >= 0.6 is 11.8 Å². The first kappa shape index (κ1) is 19.8. The van der Waals surface area contributed by atoms with Crippen LogP contribution in [0.15, 0.2) is 53.4 Å². The highest BCUT2D eigenvalue weighted by Crippen LogP contribution is 2.18. The lowest BCUT2D eigenvalue weighted by Crippen LogP contribution is -2.20. The molecule has 2 aromatic rings. The van der Waals surface area contributed by atoms with Gasteiger partial charge in [0.15, 0.2) is 6.61 Å². The van der Waals surface area contributed by atoms with Crippen molar-refractivity contribution in [1.82, 2.24) is 0 Å². The molecule has 0 aliphatic carbocycles. The van der Waals surface area contributed by atoms with Crippen LogP contribution in [0.5, 0.6) is 5.75 Å². The van der Waals surface area contributed by atoms with Crippen molar-refractivity contribution in [2.45, 2.75) is 18.7 Å². The van der Waals surface area contributed by atoms with Gasteiger partial charge in [-0.2, -0.15) is 0 Å². The Morgan fingerprint density at radius 1 is 1.12 bits per heavy atom. The topological polar surface area (TPSA) is 64.6 Å². The number of thioether (sulfide) groups is 1. The zero-order chi connectivity index (χ0) is 18.9. The summed E-state index contributed by atoms with van der Waals surface area (Å²) in [6.45, 7) is 4.31. The van der Waals surface area contributed by atoms with Gasteiger partial charge in [0.1, 0.15) is 5.75 Å². The van der Waals surface area contributed by atoms with E-state index in [0.29, 0.717) is 29.5 Å². The molecule has 5 nitrogen and oxygen atoms in total. The monoisotopic (exact) mass is 373 g/mol. The first-order valence-electron chi connectivity index (χ1n) is 8.32. The number of nitrogens with one attached hydrogen (secondary N) is 1. The van der Waals surface area contributed by atoms with E-state index in [1.165, 1.54) is 0 Å². The molecule has 0 saturated carbocycles. The maximum Gasteiger partial charge on any atom is 0.338 e. The summed E-state index contributed by atoms with van der Waals surface area (Å²) in [5, 5.41) is 2.69. The van der Waals surface area contributed by atoms with E-state index in [4.69, 9.17) is 9.47 Å². The molecule has 0 unspecified atom stereocenters. The Kier molecular flexibility index (Phi) is 7.53. The summed E-state index contributed by atoms with van der Waals surface area (Å²) in [6, 6.07) is 14.2. The fourth-order valence-electron chi connectivity index (χ4n) is 2.06. The second-order valence-electron chi connectivity index (χ2n) is 6.09. The van der Waals surface area contributed by atoms with E-state index in [9.17, 15) is 9.59 Å². The SMILES string of the molecule is CSc1ccc(NC(=O)COC(=O)c2cccc(OCC(C)C)c2)cc1. The van der Waals surface area contributed by atoms with Crippen LogP contribution in [-0.2, 0) is 9.53 Å². The number of benzene rings is 2.